The lowest BCUT2D eigenvalue weighted by atomic mass is 10.0. The van der Waals surface area contributed by atoms with Gasteiger partial charge in [-0.3, -0.25) is 0 Å². The van der Waals surface area contributed by atoms with Crippen LogP contribution in [0.1, 0.15) is 40.0 Å². The zero-order chi connectivity index (χ0) is 16.0. The summed E-state index contributed by atoms with van der Waals surface area (Å²) in [5.74, 6) is -2.79. The Morgan fingerprint density at radius 1 is 1.10 bits per heavy atom. The van der Waals surface area contributed by atoms with E-state index in [2.05, 4.69) is 19.2 Å². The summed E-state index contributed by atoms with van der Waals surface area (Å²) in [6, 6.07) is 5.84. The predicted octanol–water partition coefficient (Wildman–Crippen LogP) is 4.31. The highest BCUT2D eigenvalue weighted by Crippen LogP contribution is 2.27. The van der Waals surface area contributed by atoms with Gasteiger partial charge < -0.3 is 5.32 Å². The van der Waals surface area contributed by atoms with Crippen molar-refractivity contribution in [3.8, 4) is 0 Å². The first-order valence-corrected chi connectivity index (χ1v) is 8.67. The molecule has 0 fully saturated rings. The SMILES string of the molecule is CC(C)CCCC(C)Nc1ccccc1S(=O)(=O)C(F)F. The molecule has 0 aliphatic rings. The molecule has 0 saturated carbocycles. The van der Waals surface area contributed by atoms with Gasteiger partial charge in [-0.2, -0.15) is 8.78 Å². The van der Waals surface area contributed by atoms with Crippen molar-refractivity contribution >= 4 is 15.5 Å². The van der Waals surface area contributed by atoms with E-state index in [1.54, 1.807) is 6.07 Å². The molecular formula is C15H23F2NO2S. The van der Waals surface area contributed by atoms with Gasteiger partial charge in [0.1, 0.15) is 0 Å². The van der Waals surface area contributed by atoms with Gasteiger partial charge in [0.05, 0.1) is 10.6 Å². The third-order valence-electron chi connectivity index (χ3n) is 3.25. The number of para-hydroxylation sites is 1. The molecule has 0 heterocycles. The maximum absolute atomic E-state index is 12.7. The summed E-state index contributed by atoms with van der Waals surface area (Å²) >= 11 is 0. The van der Waals surface area contributed by atoms with Gasteiger partial charge in [-0.1, -0.05) is 38.8 Å². The molecule has 1 N–H and O–H groups in total. The Hall–Kier alpha value is -1.17. The fourth-order valence-corrected chi connectivity index (χ4v) is 2.99. The van der Waals surface area contributed by atoms with Gasteiger partial charge >= 0.3 is 5.76 Å². The van der Waals surface area contributed by atoms with Crippen LogP contribution in [0.2, 0.25) is 0 Å². The molecule has 1 aromatic carbocycles. The largest absolute Gasteiger partial charge is 0.382 e. The van der Waals surface area contributed by atoms with E-state index in [1.165, 1.54) is 18.2 Å². The monoisotopic (exact) mass is 319 g/mol. The van der Waals surface area contributed by atoms with Crippen molar-refractivity contribution in [3.63, 3.8) is 0 Å². The van der Waals surface area contributed by atoms with Crippen molar-refractivity contribution < 1.29 is 17.2 Å². The second-order valence-electron chi connectivity index (χ2n) is 5.67. The maximum Gasteiger partial charge on any atom is 0.341 e. The van der Waals surface area contributed by atoms with E-state index in [0.717, 1.165) is 19.3 Å². The third-order valence-corrected chi connectivity index (χ3v) is 4.69. The van der Waals surface area contributed by atoms with Gasteiger partial charge in [-0.15, -0.1) is 0 Å². The van der Waals surface area contributed by atoms with Crippen molar-refractivity contribution in [2.75, 3.05) is 5.32 Å². The number of hydrogen-bond donors (Lipinski definition) is 1. The Balaban J connectivity index is 2.81. The summed E-state index contributed by atoms with van der Waals surface area (Å²) in [7, 11) is -4.58. The average Bonchev–Trinajstić information content (AvgIpc) is 2.38. The molecule has 0 aliphatic carbocycles. The summed E-state index contributed by atoms with van der Waals surface area (Å²) in [6.07, 6.45) is 2.96. The van der Waals surface area contributed by atoms with Gasteiger partial charge in [0.15, 0.2) is 0 Å². The predicted molar refractivity (Wildman–Crippen MR) is 81.4 cm³/mol. The van der Waals surface area contributed by atoms with Gasteiger partial charge in [0.25, 0.3) is 0 Å². The van der Waals surface area contributed by atoms with Crippen LogP contribution in [-0.2, 0) is 9.84 Å². The summed E-state index contributed by atoms with van der Waals surface area (Å²) in [4.78, 5) is -0.337. The van der Waals surface area contributed by atoms with Crippen LogP contribution in [0, 0.1) is 5.92 Å². The number of rotatable bonds is 8. The first kappa shape index (κ1) is 17.9. The number of benzene rings is 1. The van der Waals surface area contributed by atoms with Gasteiger partial charge in [0, 0.05) is 6.04 Å². The smallest absolute Gasteiger partial charge is 0.341 e. The van der Waals surface area contributed by atoms with E-state index < -0.39 is 15.6 Å². The highest BCUT2D eigenvalue weighted by atomic mass is 32.2. The molecule has 1 rings (SSSR count). The van der Waals surface area contributed by atoms with E-state index in [1.807, 2.05) is 6.92 Å². The molecule has 1 aromatic rings. The molecule has 120 valence electrons. The Morgan fingerprint density at radius 2 is 1.71 bits per heavy atom. The van der Waals surface area contributed by atoms with Crippen LogP contribution in [0.25, 0.3) is 0 Å². The van der Waals surface area contributed by atoms with Crippen molar-refractivity contribution in [3.05, 3.63) is 24.3 Å². The fourth-order valence-electron chi connectivity index (χ4n) is 2.10. The van der Waals surface area contributed by atoms with Crippen molar-refractivity contribution in [2.45, 2.75) is 56.7 Å². The molecule has 0 bridgehead atoms. The Bertz CT molecular complexity index is 544. The van der Waals surface area contributed by atoms with E-state index in [9.17, 15) is 17.2 Å². The van der Waals surface area contributed by atoms with E-state index >= 15 is 0 Å². The molecule has 6 heteroatoms. The third kappa shape index (κ3) is 5.26. The molecule has 21 heavy (non-hydrogen) atoms. The lowest BCUT2D eigenvalue weighted by Crippen LogP contribution is -2.19. The van der Waals surface area contributed by atoms with Crippen molar-refractivity contribution in [1.29, 1.82) is 0 Å². The molecule has 3 nitrogen and oxygen atoms in total. The first-order valence-electron chi connectivity index (χ1n) is 7.12. The molecule has 0 radical (unpaired) electrons. The molecule has 0 aliphatic heterocycles. The molecule has 1 unspecified atom stereocenters. The minimum atomic E-state index is -4.58. The Labute approximate surface area is 125 Å². The zero-order valence-corrected chi connectivity index (χ0v) is 13.5. The highest BCUT2D eigenvalue weighted by Gasteiger charge is 2.29. The Morgan fingerprint density at radius 3 is 2.29 bits per heavy atom. The topological polar surface area (TPSA) is 46.2 Å². The van der Waals surface area contributed by atoms with Gasteiger partial charge in [-0.05, 0) is 31.4 Å². The minimum Gasteiger partial charge on any atom is -0.382 e. The number of nitrogens with one attached hydrogen (secondary N) is 1. The Kier molecular flexibility index (Phi) is 6.58. The van der Waals surface area contributed by atoms with E-state index in [-0.39, 0.29) is 16.6 Å². The standard InChI is InChI=1S/C15H23F2NO2S/c1-11(2)7-6-8-12(3)18-13-9-4-5-10-14(13)21(19,20)15(16)17/h4-5,9-12,15,18H,6-8H2,1-3H3. The zero-order valence-electron chi connectivity index (χ0n) is 12.6. The van der Waals surface area contributed by atoms with Crippen molar-refractivity contribution in [2.24, 2.45) is 5.92 Å². The summed E-state index contributed by atoms with van der Waals surface area (Å²) in [5.41, 5.74) is 0.245. The number of halogens is 2. The van der Waals surface area contributed by atoms with E-state index in [4.69, 9.17) is 0 Å². The second-order valence-corrected chi connectivity index (χ2v) is 7.56. The second kappa shape index (κ2) is 7.73. The fraction of sp³-hybridized carbons (Fsp3) is 0.600. The normalized spacial score (nSPS) is 13.7. The molecule has 0 aromatic heterocycles. The summed E-state index contributed by atoms with van der Waals surface area (Å²) < 4.78 is 48.7. The van der Waals surface area contributed by atoms with Crippen LogP contribution in [0.5, 0.6) is 0 Å². The number of anilines is 1. The van der Waals surface area contributed by atoms with Gasteiger partial charge in [-0.25, -0.2) is 8.42 Å². The average molecular weight is 319 g/mol. The van der Waals surface area contributed by atoms with Crippen molar-refractivity contribution in [1.82, 2.24) is 0 Å². The molecular weight excluding hydrogens is 296 g/mol. The molecule has 0 amide bonds. The van der Waals surface area contributed by atoms with Crippen LogP contribution in [0.3, 0.4) is 0 Å². The molecule has 0 spiro atoms. The molecule has 0 saturated heterocycles. The maximum atomic E-state index is 12.7. The molecule has 1 atom stereocenters. The first-order chi connectivity index (χ1) is 9.75. The number of alkyl halides is 2. The van der Waals surface area contributed by atoms with Crippen LogP contribution in [0.4, 0.5) is 14.5 Å². The van der Waals surface area contributed by atoms with Gasteiger partial charge in [0.2, 0.25) is 9.84 Å². The number of sulfone groups is 1. The number of hydrogen-bond acceptors (Lipinski definition) is 3. The quantitative estimate of drug-likeness (QED) is 0.776. The van der Waals surface area contributed by atoms with Crippen LogP contribution in [-0.4, -0.2) is 20.2 Å². The van der Waals surface area contributed by atoms with E-state index in [0.29, 0.717) is 5.92 Å². The highest BCUT2D eigenvalue weighted by molar-refractivity contribution is 7.91. The summed E-state index contributed by atoms with van der Waals surface area (Å²) in [5, 5.41) is 3.03. The lowest BCUT2D eigenvalue weighted by molar-refractivity contribution is 0.235. The van der Waals surface area contributed by atoms with Crippen LogP contribution < -0.4 is 5.32 Å². The minimum absolute atomic E-state index is 0.0257. The van der Waals surface area contributed by atoms with Crippen LogP contribution >= 0.6 is 0 Å². The summed E-state index contributed by atoms with van der Waals surface area (Å²) in [6.45, 7) is 6.21. The van der Waals surface area contributed by atoms with Crippen LogP contribution in [0.15, 0.2) is 29.2 Å². The lowest BCUT2D eigenvalue weighted by Gasteiger charge is -2.18.